The summed E-state index contributed by atoms with van der Waals surface area (Å²) < 4.78 is 0. The van der Waals surface area contributed by atoms with E-state index in [0.717, 1.165) is 48.9 Å². The number of anilines is 3. The Morgan fingerprint density at radius 3 is 1.48 bits per heavy atom. The van der Waals surface area contributed by atoms with Gasteiger partial charge in [-0.05, 0) is 113 Å². The highest BCUT2D eigenvalue weighted by Gasteiger charge is 2.39. The van der Waals surface area contributed by atoms with Crippen molar-refractivity contribution < 1.29 is 0 Å². The topological polar surface area (TPSA) is 41.9 Å². The number of hydrogen-bond acceptors (Lipinski definition) is 5. The normalized spacial score (nSPS) is 13.8. The predicted molar refractivity (Wildman–Crippen MR) is 255 cm³/mol. The second kappa shape index (κ2) is 12.8. The molecule has 0 atom stereocenters. The van der Waals surface area contributed by atoms with E-state index < -0.39 is 0 Å². The molecule has 4 nitrogen and oxygen atoms in total. The standard InChI is InChI=1S/C56H36N4S/c1-56(2)47-30-44-40-24-10-8-22-38(40)37-21-7-9-23-39(37)43(44)29-45(47)46-31-52-50(32-48(46)56)60(49-27-11-12-28-51(49)61-52)55-58-53(41-25-13-17-33-15-3-5-19-35(33)41)57-54(59-55)42-26-14-18-34-16-4-6-20-36(34)42/h3-32H,1-2H3. The van der Waals surface area contributed by atoms with E-state index in [4.69, 9.17) is 15.0 Å². The van der Waals surface area contributed by atoms with E-state index in [1.807, 2.05) is 11.8 Å². The van der Waals surface area contributed by atoms with Crippen LogP contribution in [0.4, 0.5) is 17.3 Å². The number of hydrogen-bond donors (Lipinski definition) is 0. The van der Waals surface area contributed by atoms with Crippen molar-refractivity contribution in [1.82, 2.24) is 15.0 Å². The zero-order valence-corrected chi connectivity index (χ0v) is 34.3. The van der Waals surface area contributed by atoms with Crippen molar-refractivity contribution in [2.45, 2.75) is 29.1 Å². The van der Waals surface area contributed by atoms with Crippen LogP contribution in [0.3, 0.4) is 0 Å². The van der Waals surface area contributed by atoms with Crippen molar-refractivity contribution in [3.8, 4) is 33.9 Å². The predicted octanol–water partition coefficient (Wildman–Crippen LogP) is 15.2. The van der Waals surface area contributed by atoms with E-state index in [-0.39, 0.29) is 5.41 Å². The first-order valence-corrected chi connectivity index (χ1v) is 21.7. The zero-order valence-electron chi connectivity index (χ0n) is 33.5. The van der Waals surface area contributed by atoms with Crippen molar-refractivity contribution in [2.75, 3.05) is 4.90 Å². The first-order valence-electron chi connectivity index (χ1n) is 20.9. The van der Waals surface area contributed by atoms with E-state index in [2.05, 4.69) is 201 Å². The Morgan fingerprint density at radius 2 is 0.852 bits per heavy atom. The number of aromatic nitrogens is 3. The summed E-state index contributed by atoms with van der Waals surface area (Å²) in [4.78, 5) is 20.8. The average Bonchev–Trinajstić information content (AvgIpc) is 3.52. The molecule has 0 N–H and O–H groups in total. The van der Waals surface area contributed by atoms with Crippen molar-refractivity contribution >= 4 is 82.9 Å². The smallest absolute Gasteiger partial charge is 0.238 e. The third-order valence-corrected chi connectivity index (χ3v) is 14.2. The molecule has 0 radical (unpaired) electrons. The fourth-order valence-corrected chi connectivity index (χ4v) is 11.2. The van der Waals surface area contributed by atoms with Gasteiger partial charge in [-0.25, -0.2) is 4.98 Å². The molecule has 0 spiro atoms. The summed E-state index contributed by atoms with van der Waals surface area (Å²) in [5, 5.41) is 12.3. The van der Waals surface area contributed by atoms with Gasteiger partial charge in [0, 0.05) is 26.3 Å². The second-order valence-corrected chi connectivity index (χ2v) is 17.9. The van der Waals surface area contributed by atoms with Crippen LogP contribution in [0.2, 0.25) is 0 Å². The minimum Gasteiger partial charge on any atom is -0.277 e. The summed E-state index contributed by atoms with van der Waals surface area (Å²) in [5.41, 5.74) is 9.04. The van der Waals surface area contributed by atoms with Gasteiger partial charge in [-0.2, -0.15) is 9.97 Å². The van der Waals surface area contributed by atoms with E-state index in [9.17, 15) is 0 Å². The van der Waals surface area contributed by atoms with Crippen LogP contribution in [0.15, 0.2) is 192 Å². The molecule has 0 saturated heterocycles. The number of nitrogens with zero attached hydrogens (tertiary/aromatic N) is 4. The molecular formula is C56H36N4S. The molecule has 0 bridgehead atoms. The molecule has 0 saturated carbocycles. The lowest BCUT2D eigenvalue weighted by atomic mass is 9.81. The maximum atomic E-state index is 5.44. The molecule has 10 aromatic carbocycles. The second-order valence-electron chi connectivity index (χ2n) is 16.8. The summed E-state index contributed by atoms with van der Waals surface area (Å²) in [6.07, 6.45) is 0. The highest BCUT2D eigenvalue weighted by Crippen LogP contribution is 2.58. The molecule has 1 aliphatic carbocycles. The highest BCUT2D eigenvalue weighted by molar-refractivity contribution is 7.99. The minimum atomic E-state index is -0.269. The largest absolute Gasteiger partial charge is 0.277 e. The Bertz CT molecular complexity index is 3580. The van der Waals surface area contributed by atoms with Gasteiger partial charge in [-0.1, -0.05) is 171 Å². The SMILES string of the molecule is CC1(C)c2cc3c(cc2-c2cc4c5ccccc5c5ccccc5c4cc21)Sc1ccccc1N3c1nc(-c2cccc3ccccc23)nc(-c2cccc3ccccc23)n1. The minimum absolute atomic E-state index is 0.269. The van der Waals surface area contributed by atoms with Gasteiger partial charge in [-0.3, -0.25) is 4.90 Å². The number of fused-ring (bicyclic) bond motifs is 13. The summed E-state index contributed by atoms with van der Waals surface area (Å²) in [7, 11) is 0. The van der Waals surface area contributed by atoms with Gasteiger partial charge < -0.3 is 0 Å². The maximum absolute atomic E-state index is 5.44. The maximum Gasteiger partial charge on any atom is 0.238 e. The molecule has 2 aliphatic rings. The van der Waals surface area contributed by atoms with Crippen LogP contribution in [0.25, 0.3) is 87.8 Å². The van der Waals surface area contributed by atoms with Crippen LogP contribution in [-0.4, -0.2) is 15.0 Å². The van der Waals surface area contributed by atoms with Crippen molar-refractivity contribution in [3.05, 3.63) is 193 Å². The molecule has 286 valence electrons. The van der Waals surface area contributed by atoms with Crippen LogP contribution in [-0.2, 0) is 5.41 Å². The summed E-state index contributed by atoms with van der Waals surface area (Å²) in [6, 6.07) is 65.9. The van der Waals surface area contributed by atoms with Gasteiger partial charge in [0.1, 0.15) is 0 Å². The fraction of sp³-hybridized carbons (Fsp3) is 0.0536. The lowest BCUT2D eigenvalue weighted by Crippen LogP contribution is -2.21. The molecule has 11 aromatic rings. The Kier molecular flexibility index (Phi) is 7.26. The third-order valence-electron chi connectivity index (χ3n) is 13.1. The molecular weight excluding hydrogens is 761 g/mol. The van der Waals surface area contributed by atoms with Gasteiger partial charge in [0.2, 0.25) is 5.95 Å². The summed E-state index contributed by atoms with van der Waals surface area (Å²) in [6.45, 7) is 4.77. The van der Waals surface area contributed by atoms with Gasteiger partial charge in [0.15, 0.2) is 11.6 Å². The molecule has 0 amide bonds. The Balaban J connectivity index is 1.07. The van der Waals surface area contributed by atoms with Crippen LogP contribution in [0, 0.1) is 0 Å². The molecule has 2 heterocycles. The van der Waals surface area contributed by atoms with Crippen molar-refractivity contribution in [1.29, 1.82) is 0 Å². The van der Waals surface area contributed by atoms with E-state index >= 15 is 0 Å². The zero-order chi connectivity index (χ0) is 40.4. The van der Waals surface area contributed by atoms with Gasteiger partial charge >= 0.3 is 0 Å². The quantitative estimate of drug-likeness (QED) is 0.167. The van der Waals surface area contributed by atoms with E-state index in [1.54, 1.807) is 0 Å². The number of para-hydroxylation sites is 1. The summed E-state index contributed by atoms with van der Waals surface area (Å²) in [5.74, 6) is 1.87. The van der Waals surface area contributed by atoms with Gasteiger partial charge in [0.05, 0.1) is 11.4 Å². The Hall–Kier alpha value is -7.34. The van der Waals surface area contributed by atoms with Crippen molar-refractivity contribution in [2.24, 2.45) is 0 Å². The van der Waals surface area contributed by atoms with Gasteiger partial charge in [0.25, 0.3) is 0 Å². The van der Waals surface area contributed by atoms with Crippen LogP contribution < -0.4 is 4.90 Å². The molecule has 5 heteroatoms. The van der Waals surface area contributed by atoms with Crippen LogP contribution in [0.1, 0.15) is 25.0 Å². The molecule has 0 unspecified atom stereocenters. The molecule has 61 heavy (non-hydrogen) atoms. The lowest BCUT2D eigenvalue weighted by Gasteiger charge is -2.33. The third kappa shape index (κ3) is 5.05. The molecule has 0 fully saturated rings. The van der Waals surface area contributed by atoms with Crippen molar-refractivity contribution in [3.63, 3.8) is 0 Å². The van der Waals surface area contributed by atoms with Crippen LogP contribution >= 0.6 is 11.8 Å². The summed E-state index contributed by atoms with van der Waals surface area (Å²) >= 11 is 1.82. The first kappa shape index (κ1) is 34.5. The Labute approximate surface area is 357 Å². The fourth-order valence-electron chi connectivity index (χ4n) is 10.1. The monoisotopic (exact) mass is 796 g/mol. The Morgan fingerprint density at radius 1 is 0.377 bits per heavy atom. The van der Waals surface area contributed by atoms with E-state index in [1.165, 1.54) is 59.5 Å². The molecule has 1 aliphatic heterocycles. The van der Waals surface area contributed by atoms with E-state index in [0.29, 0.717) is 17.6 Å². The average molecular weight is 797 g/mol. The molecule has 1 aromatic heterocycles. The first-order chi connectivity index (χ1) is 30.0. The van der Waals surface area contributed by atoms with Gasteiger partial charge in [-0.15, -0.1) is 0 Å². The number of rotatable bonds is 3. The highest BCUT2D eigenvalue weighted by atomic mass is 32.2. The lowest BCUT2D eigenvalue weighted by molar-refractivity contribution is 0.660. The molecule has 13 rings (SSSR count). The van der Waals surface area contributed by atoms with Crippen LogP contribution in [0.5, 0.6) is 0 Å². The number of benzene rings is 10.